The van der Waals surface area contributed by atoms with Crippen molar-refractivity contribution in [2.45, 2.75) is 25.8 Å². The molecule has 0 bridgehead atoms. The van der Waals surface area contributed by atoms with Crippen molar-refractivity contribution in [2.75, 3.05) is 5.73 Å². The van der Waals surface area contributed by atoms with Crippen LogP contribution in [0.4, 0.5) is 5.69 Å². The number of nitrogens with two attached hydrogens (primary N) is 1. The Labute approximate surface area is 100.0 Å². The predicted octanol–water partition coefficient (Wildman–Crippen LogP) is 2.45. The maximum absolute atomic E-state index is 11.8. The Kier molecular flexibility index (Phi) is 3.06. The first kappa shape index (κ1) is 11.3. The molecule has 0 spiro atoms. The zero-order valence-corrected chi connectivity index (χ0v) is 9.92. The molecule has 1 amide bonds. The van der Waals surface area contributed by atoms with Gasteiger partial charge in [-0.1, -0.05) is 24.9 Å². The molecule has 0 aliphatic heterocycles. The number of rotatable bonds is 3. The van der Waals surface area contributed by atoms with E-state index in [4.69, 9.17) is 17.3 Å². The Hall–Kier alpha value is -1.22. The van der Waals surface area contributed by atoms with E-state index in [0.29, 0.717) is 28.2 Å². The summed E-state index contributed by atoms with van der Waals surface area (Å²) in [6.45, 7) is 2.13. The van der Waals surface area contributed by atoms with Crippen LogP contribution in [0.1, 0.15) is 30.1 Å². The van der Waals surface area contributed by atoms with Gasteiger partial charge in [-0.05, 0) is 30.5 Å². The first-order chi connectivity index (χ1) is 7.60. The maximum Gasteiger partial charge on any atom is 0.251 e. The van der Waals surface area contributed by atoms with Gasteiger partial charge in [-0.2, -0.15) is 0 Å². The van der Waals surface area contributed by atoms with Crippen molar-refractivity contribution < 1.29 is 4.79 Å². The fourth-order valence-electron chi connectivity index (χ4n) is 1.87. The van der Waals surface area contributed by atoms with Gasteiger partial charge < -0.3 is 11.1 Å². The number of carbonyl (C=O) groups excluding carboxylic acids is 1. The van der Waals surface area contributed by atoms with E-state index in [1.807, 2.05) is 0 Å². The summed E-state index contributed by atoms with van der Waals surface area (Å²) in [5.74, 6) is 0.552. The van der Waals surface area contributed by atoms with Crippen LogP contribution < -0.4 is 11.1 Å². The van der Waals surface area contributed by atoms with E-state index >= 15 is 0 Å². The molecule has 3 N–H and O–H groups in total. The van der Waals surface area contributed by atoms with Gasteiger partial charge >= 0.3 is 0 Å². The molecule has 0 saturated heterocycles. The minimum Gasteiger partial charge on any atom is -0.399 e. The van der Waals surface area contributed by atoms with Crippen LogP contribution in [0.2, 0.25) is 5.02 Å². The molecular weight excluding hydrogens is 224 g/mol. The molecule has 3 nitrogen and oxygen atoms in total. The second-order valence-electron chi connectivity index (χ2n) is 4.26. The third-order valence-corrected chi connectivity index (χ3v) is 3.16. The van der Waals surface area contributed by atoms with Crippen molar-refractivity contribution in [2.24, 2.45) is 5.92 Å². The Balaban J connectivity index is 2.04. The topological polar surface area (TPSA) is 55.1 Å². The molecule has 1 aliphatic rings. The lowest BCUT2D eigenvalue weighted by Crippen LogP contribution is -2.26. The molecule has 16 heavy (non-hydrogen) atoms. The molecule has 86 valence electrons. The van der Waals surface area contributed by atoms with E-state index in [0.717, 1.165) is 12.8 Å². The Morgan fingerprint density at radius 3 is 2.88 bits per heavy atom. The van der Waals surface area contributed by atoms with Gasteiger partial charge in [-0.3, -0.25) is 4.79 Å². The Morgan fingerprint density at radius 2 is 2.31 bits per heavy atom. The van der Waals surface area contributed by atoms with Crippen LogP contribution in [0.5, 0.6) is 0 Å². The molecule has 1 aromatic rings. The van der Waals surface area contributed by atoms with Gasteiger partial charge in [-0.25, -0.2) is 0 Å². The lowest BCUT2D eigenvalue weighted by molar-refractivity contribution is 0.0949. The number of nitrogens with one attached hydrogen (secondary N) is 1. The zero-order chi connectivity index (χ0) is 11.7. The summed E-state index contributed by atoms with van der Waals surface area (Å²) in [7, 11) is 0. The molecule has 0 aromatic heterocycles. The summed E-state index contributed by atoms with van der Waals surface area (Å²) < 4.78 is 0. The third-order valence-electron chi connectivity index (χ3n) is 2.95. The summed E-state index contributed by atoms with van der Waals surface area (Å²) in [5, 5.41) is 3.47. The molecule has 4 heteroatoms. The average Bonchev–Trinajstić information content (AvgIpc) is 2.95. The summed E-state index contributed by atoms with van der Waals surface area (Å²) in [6.07, 6.45) is 2.20. The monoisotopic (exact) mass is 238 g/mol. The lowest BCUT2D eigenvalue weighted by Gasteiger charge is -2.05. The van der Waals surface area contributed by atoms with Crippen molar-refractivity contribution in [3.05, 3.63) is 28.8 Å². The van der Waals surface area contributed by atoms with Crippen molar-refractivity contribution >= 4 is 23.2 Å². The number of hydrogen-bond acceptors (Lipinski definition) is 2. The fourth-order valence-corrected chi connectivity index (χ4v) is 2.11. The highest BCUT2D eigenvalue weighted by Crippen LogP contribution is 2.33. The van der Waals surface area contributed by atoms with E-state index < -0.39 is 0 Å². The summed E-state index contributed by atoms with van der Waals surface area (Å²) in [5.41, 5.74) is 6.68. The molecule has 1 aliphatic carbocycles. The van der Waals surface area contributed by atoms with Gasteiger partial charge in [0.05, 0.1) is 0 Å². The van der Waals surface area contributed by atoms with Crippen LogP contribution in [0.15, 0.2) is 18.2 Å². The molecule has 2 rings (SSSR count). The van der Waals surface area contributed by atoms with Crippen LogP contribution >= 0.6 is 11.6 Å². The highest BCUT2D eigenvalue weighted by Gasteiger charge is 2.36. The Morgan fingerprint density at radius 1 is 1.56 bits per heavy atom. The number of amides is 1. The molecule has 2 atom stereocenters. The largest absolute Gasteiger partial charge is 0.399 e. The molecule has 0 heterocycles. The van der Waals surface area contributed by atoms with Crippen molar-refractivity contribution in [3.63, 3.8) is 0 Å². The molecule has 1 aromatic carbocycles. The fraction of sp³-hybridized carbons (Fsp3) is 0.417. The lowest BCUT2D eigenvalue weighted by atomic mass is 10.2. The van der Waals surface area contributed by atoms with Gasteiger partial charge in [0.1, 0.15) is 0 Å². The van der Waals surface area contributed by atoms with Crippen LogP contribution in [0.25, 0.3) is 0 Å². The van der Waals surface area contributed by atoms with Gasteiger partial charge in [-0.15, -0.1) is 0 Å². The van der Waals surface area contributed by atoms with Gasteiger partial charge in [0.2, 0.25) is 0 Å². The number of carbonyl (C=O) groups is 1. The summed E-state index contributed by atoms with van der Waals surface area (Å²) in [6, 6.07) is 5.24. The standard InChI is InChI=1S/C12H15ClN2O/c1-2-7-5-11(7)15-12(16)8-3-9(13)6-10(14)4-8/h3-4,6-7,11H,2,5,14H2,1H3,(H,15,16). The SMILES string of the molecule is CCC1CC1NC(=O)c1cc(N)cc(Cl)c1. The van der Waals surface area contributed by atoms with Crippen LogP contribution in [0, 0.1) is 5.92 Å². The van der Waals surface area contributed by atoms with E-state index in [1.54, 1.807) is 18.2 Å². The summed E-state index contributed by atoms with van der Waals surface area (Å²) >= 11 is 5.84. The van der Waals surface area contributed by atoms with E-state index in [-0.39, 0.29) is 5.91 Å². The van der Waals surface area contributed by atoms with Crippen LogP contribution in [-0.4, -0.2) is 11.9 Å². The van der Waals surface area contributed by atoms with E-state index in [1.165, 1.54) is 0 Å². The number of hydrogen-bond donors (Lipinski definition) is 2. The van der Waals surface area contributed by atoms with E-state index in [9.17, 15) is 4.79 Å². The molecule has 2 unspecified atom stereocenters. The number of benzene rings is 1. The minimum atomic E-state index is -0.0878. The van der Waals surface area contributed by atoms with Gasteiger partial charge in [0, 0.05) is 22.3 Å². The number of nitrogen functional groups attached to an aromatic ring is 1. The van der Waals surface area contributed by atoms with Crippen LogP contribution in [0.3, 0.4) is 0 Å². The smallest absolute Gasteiger partial charge is 0.251 e. The number of halogens is 1. The van der Waals surface area contributed by atoms with Crippen molar-refractivity contribution in [1.82, 2.24) is 5.32 Å². The molecule has 1 fully saturated rings. The Bertz CT molecular complexity index is 399. The molecule has 1 saturated carbocycles. The minimum absolute atomic E-state index is 0.0878. The normalized spacial score (nSPS) is 22.9. The van der Waals surface area contributed by atoms with Gasteiger partial charge in [0.15, 0.2) is 0 Å². The first-order valence-corrected chi connectivity index (χ1v) is 5.85. The maximum atomic E-state index is 11.8. The van der Waals surface area contributed by atoms with Crippen molar-refractivity contribution in [1.29, 1.82) is 0 Å². The number of anilines is 1. The zero-order valence-electron chi connectivity index (χ0n) is 9.16. The second kappa shape index (κ2) is 4.34. The quantitative estimate of drug-likeness (QED) is 0.795. The highest BCUT2D eigenvalue weighted by atomic mass is 35.5. The van der Waals surface area contributed by atoms with Crippen molar-refractivity contribution in [3.8, 4) is 0 Å². The van der Waals surface area contributed by atoms with E-state index in [2.05, 4.69) is 12.2 Å². The van der Waals surface area contributed by atoms with Gasteiger partial charge in [0.25, 0.3) is 5.91 Å². The first-order valence-electron chi connectivity index (χ1n) is 5.47. The predicted molar refractivity (Wildman–Crippen MR) is 65.5 cm³/mol. The summed E-state index contributed by atoms with van der Waals surface area (Å²) in [4.78, 5) is 11.8. The molecule has 0 radical (unpaired) electrons. The molecular formula is C12H15ClN2O. The van der Waals surface area contributed by atoms with Crippen LogP contribution in [-0.2, 0) is 0 Å². The average molecular weight is 239 g/mol. The second-order valence-corrected chi connectivity index (χ2v) is 4.69. The highest BCUT2D eigenvalue weighted by molar-refractivity contribution is 6.31. The third kappa shape index (κ3) is 2.47.